The molecule has 4 rings (SSSR count). The zero-order valence-corrected chi connectivity index (χ0v) is 16.7. The topological polar surface area (TPSA) is 75.6 Å². The number of benzene rings is 3. The third-order valence-corrected chi connectivity index (χ3v) is 5.84. The van der Waals surface area contributed by atoms with E-state index in [2.05, 4.69) is 47.8 Å². The van der Waals surface area contributed by atoms with Crippen molar-refractivity contribution in [3.05, 3.63) is 59.2 Å². The Morgan fingerprint density at radius 2 is 1.75 bits per heavy atom. The fourth-order valence-electron chi connectivity index (χ4n) is 3.75. The van der Waals surface area contributed by atoms with E-state index in [0.29, 0.717) is 6.54 Å². The van der Waals surface area contributed by atoms with E-state index in [-0.39, 0.29) is 13.2 Å². The first-order valence-electron chi connectivity index (χ1n) is 9.16. The molecule has 1 atom stereocenters. The van der Waals surface area contributed by atoms with E-state index in [1.807, 2.05) is 12.1 Å². The molecular formula is C22H23NO4S. The van der Waals surface area contributed by atoms with Crippen LogP contribution in [0.3, 0.4) is 0 Å². The monoisotopic (exact) mass is 397 g/mol. The lowest BCUT2D eigenvalue weighted by Crippen LogP contribution is -2.49. The average Bonchev–Trinajstić information content (AvgIpc) is 3.11. The maximum Gasteiger partial charge on any atom is 0.264 e. The Labute approximate surface area is 164 Å². The highest BCUT2D eigenvalue weighted by Gasteiger charge is 2.26. The Kier molecular flexibility index (Phi) is 4.75. The highest BCUT2D eigenvalue weighted by Crippen LogP contribution is 2.39. The number of rotatable bonds is 7. The molecule has 1 aliphatic rings. The Morgan fingerprint density at radius 1 is 1.04 bits per heavy atom. The quantitative estimate of drug-likeness (QED) is 0.370. The van der Waals surface area contributed by atoms with Crippen LogP contribution in [0.5, 0.6) is 0 Å². The van der Waals surface area contributed by atoms with Gasteiger partial charge in [-0.15, -0.1) is 0 Å². The zero-order chi connectivity index (χ0) is 19.9. The normalized spacial score (nSPS) is 15.4. The van der Waals surface area contributed by atoms with Crippen LogP contribution in [0.25, 0.3) is 33.7 Å². The lowest BCUT2D eigenvalue weighted by molar-refractivity contribution is 0.118. The fraction of sp³-hybridized carbons (Fsp3) is 0.273. The molecule has 0 bridgehead atoms. The van der Waals surface area contributed by atoms with E-state index in [1.165, 1.54) is 27.3 Å². The summed E-state index contributed by atoms with van der Waals surface area (Å²) in [4.78, 5) is 0. The van der Waals surface area contributed by atoms with E-state index in [0.717, 1.165) is 17.2 Å². The van der Waals surface area contributed by atoms with Gasteiger partial charge >= 0.3 is 0 Å². The molecule has 3 aromatic rings. The maximum absolute atomic E-state index is 11.4. The third kappa shape index (κ3) is 3.44. The predicted molar refractivity (Wildman–Crippen MR) is 114 cm³/mol. The second-order valence-electron chi connectivity index (χ2n) is 7.58. The molecule has 0 fully saturated rings. The van der Waals surface area contributed by atoms with E-state index in [4.69, 9.17) is 4.18 Å². The van der Waals surface area contributed by atoms with Crippen molar-refractivity contribution >= 4 is 43.8 Å². The highest BCUT2D eigenvalue weighted by atomic mass is 32.2. The van der Waals surface area contributed by atoms with Gasteiger partial charge in [0, 0.05) is 6.54 Å². The van der Waals surface area contributed by atoms with Gasteiger partial charge in [0.1, 0.15) is 0 Å². The number of aliphatic hydroxyl groups excluding tert-OH is 1. The smallest absolute Gasteiger partial charge is 0.264 e. The van der Waals surface area contributed by atoms with Crippen molar-refractivity contribution in [3.63, 3.8) is 0 Å². The number of aliphatic hydroxyl groups is 1. The molecule has 6 heteroatoms. The van der Waals surface area contributed by atoms with Crippen LogP contribution in [-0.2, 0) is 20.8 Å². The lowest BCUT2D eigenvalue weighted by Gasteiger charge is -2.29. The summed E-state index contributed by atoms with van der Waals surface area (Å²) >= 11 is 0. The summed E-state index contributed by atoms with van der Waals surface area (Å²) in [6.45, 7) is 1.85. The molecule has 2 N–H and O–H groups in total. The SMILES string of the molecule is CC(CO)(COS(C)(=O)=O)NCc1c2c3c(cccc3c3ccccc13)C=C2. The number of hydrogen-bond acceptors (Lipinski definition) is 5. The number of fused-ring (bicyclic) bond motifs is 2. The highest BCUT2D eigenvalue weighted by molar-refractivity contribution is 7.85. The van der Waals surface area contributed by atoms with Crippen molar-refractivity contribution in [2.45, 2.75) is 19.0 Å². The van der Waals surface area contributed by atoms with Crippen molar-refractivity contribution in [2.75, 3.05) is 19.5 Å². The minimum atomic E-state index is -3.58. The molecule has 5 nitrogen and oxygen atoms in total. The van der Waals surface area contributed by atoms with Crippen LogP contribution in [0.15, 0.2) is 42.5 Å². The molecule has 0 saturated heterocycles. The van der Waals surface area contributed by atoms with E-state index < -0.39 is 15.7 Å². The molecule has 28 heavy (non-hydrogen) atoms. The molecule has 1 unspecified atom stereocenters. The van der Waals surface area contributed by atoms with Crippen LogP contribution in [0, 0.1) is 0 Å². The minimum absolute atomic E-state index is 0.135. The van der Waals surface area contributed by atoms with E-state index in [9.17, 15) is 13.5 Å². The number of hydrogen-bond donors (Lipinski definition) is 2. The van der Waals surface area contributed by atoms with Crippen LogP contribution in [0.1, 0.15) is 23.6 Å². The van der Waals surface area contributed by atoms with Crippen molar-refractivity contribution in [3.8, 4) is 0 Å². The predicted octanol–water partition coefficient (Wildman–Crippen LogP) is 3.29. The van der Waals surface area contributed by atoms with Crippen LogP contribution in [0.4, 0.5) is 0 Å². The molecule has 1 aliphatic carbocycles. The molecule has 0 spiro atoms. The first-order chi connectivity index (χ1) is 13.3. The van der Waals surface area contributed by atoms with Gasteiger partial charge in [-0.05, 0) is 45.2 Å². The molecule has 0 heterocycles. The Morgan fingerprint density at radius 3 is 2.46 bits per heavy atom. The first kappa shape index (κ1) is 19.1. The van der Waals surface area contributed by atoms with Gasteiger partial charge in [0.2, 0.25) is 0 Å². The summed E-state index contributed by atoms with van der Waals surface area (Å²) in [5.74, 6) is 0. The molecule has 0 aliphatic heterocycles. The van der Waals surface area contributed by atoms with Gasteiger partial charge in [-0.1, -0.05) is 54.6 Å². The molecule has 0 amide bonds. The van der Waals surface area contributed by atoms with Gasteiger partial charge in [-0.2, -0.15) is 8.42 Å². The molecule has 146 valence electrons. The van der Waals surface area contributed by atoms with Gasteiger partial charge in [-0.3, -0.25) is 4.18 Å². The van der Waals surface area contributed by atoms with Gasteiger partial charge in [0.15, 0.2) is 0 Å². The summed E-state index contributed by atoms with van der Waals surface area (Å²) in [7, 11) is -3.58. The van der Waals surface area contributed by atoms with Crippen LogP contribution >= 0.6 is 0 Å². The van der Waals surface area contributed by atoms with E-state index in [1.54, 1.807) is 6.92 Å². The second kappa shape index (κ2) is 6.97. The third-order valence-electron chi connectivity index (χ3n) is 5.30. The molecular weight excluding hydrogens is 374 g/mol. The fourth-order valence-corrected chi connectivity index (χ4v) is 4.22. The maximum atomic E-state index is 11.4. The standard InChI is InChI=1S/C22H23NO4S/c1-22(13-24,14-27-28(2,25)26)23-12-20-17-8-4-3-7-16(17)18-9-5-6-15-10-11-19(20)21(15)18/h3-11,23-24H,12-14H2,1-2H3. The van der Waals surface area contributed by atoms with Crippen LogP contribution < -0.4 is 5.32 Å². The van der Waals surface area contributed by atoms with Crippen LogP contribution in [-0.4, -0.2) is 38.5 Å². The average molecular weight is 397 g/mol. The minimum Gasteiger partial charge on any atom is -0.394 e. The van der Waals surface area contributed by atoms with Crippen molar-refractivity contribution < 1.29 is 17.7 Å². The van der Waals surface area contributed by atoms with Crippen molar-refractivity contribution in [1.29, 1.82) is 0 Å². The van der Waals surface area contributed by atoms with Gasteiger partial charge in [0.25, 0.3) is 10.1 Å². The molecule has 3 aromatic carbocycles. The van der Waals surface area contributed by atoms with Gasteiger partial charge in [-0.25, -0.2) is 0 Å². The second-order valence-corrected chi connectivity index (χ2v) is 9.22. The van der Waals surface area contributed by atoms with Crippen molar-refractivity contribution in [2.24, 2.45) is 0 Å². The van der Waals surface area contributed by atoms with Gasteiger partial charge < -0.3 is 10.4 Å². The van der Waals surface area contributed by atoms with Crippen molar-refractivity contribution in [1.82, 2.24) is 5.32 Å². The molecule has 0 aromatic heterocycles. The molecule has 0 radical (unpaired) electrons. The van der Waals surface area contributed by atoms with Crippen LogP contribution in [0.2, 0.25) is 0 Å². The molecule has 0 saturated carbocycles. The van der Waals surface area contributed by atoms with E-state index >= 15 is 0 Å². The summed E-state index contributed by atoms with van der Waals surface area (Å²) in [6, 6.07) is 14.6. The number of nitrogens with one attached hydrogen (secondary N) is 1. The Balaban J connectivity index is 1.76. The first-order valence-corrected chi connectivity index (χ1v) is 11.0. The zero-order valence-electron chi connectivity index (χ0n) is 15.9. The van der Waals surface area contributed by atoms with Gasteiger partial charge in [0.05, 0.1) is 25.0 Å². The summed E-state index contributed by atoms with van der Waals surface area (Å²) < 4.78 is 27.6. The Bertz CT molecular complexity index is 1200. The largest absolute Gasteiger partial charge is 0.394 e. The summed E-state index contributed by atoms with van der Waals surface area (Å²) in [6.07, 6.45) is 5.26. The summed E-state index contributed by atoms with van der Waals surface area (Å²) in [5, 5.41) is 17.9. The Hall–Kier alpha value is -2.25. The lowest BCUT2D eigenvalue weighted by atomic mass is 9.91. The summed E-state index contributed by atoms with van der Waals surface area (Å²) in [5.41, 5.74) is 2.61.